The zero-order valence-electron chi connectivity index (χ0n) is 18.6. The van der Waals surface area contributed by atoms with Gasteiger partial charge in [0.15, 0.2) is 0 Å². The van der Waals surface area contributed by atoms with E-state index in [9.17, 15) is 9.59 Å². The van der Waals surface area contributed by atoms with E-state index in [4.69, 9.17) is 9.47 Å². The Bertz CT molecular complexity index is 916. The third kappa shape index (κ3) is 4.27. The first kappa shape index (κ1) is 22.1. The Morgan fingerprint density at radius 1 is 1.20 bits per heavy atom. The Labute approximate surface area is 178 Å². The number of benzene rings is 1. The minimum absolute atomic E-state index is 0.120. The van der Waals surface area contributed by atoms with Crippen molar-refractivity contribution in [1.29, 1.82) is 0 Å². The van der Waals surface area contributed by atoms with E-state index < -0.39 is 11.0 Å². The zero-order chi connectivity index (χ0) is 21.9. The predicted octanol–water partition coefficient (Wildman–Crippen LogP) is 4.85. The van der Waals surface area contributed by atoms with Gasteiger partial charge in [-0.05, 0) is 64.7 Å². The van der Waals surface area contributed by atoms with Crippen LogP contribution in [-0.4, -0.2) is 46.7 Å². The second kappa shape index (κ2) is 8.62. The van der Waals surface area contributed by atoms with E-state index in [0.29, 0.717) is 26.0 Å². The Balaban J connectivity index is 2.03. The molecule has 1 aliphatic heterocycles. The summed E-state index contributed by atoms with van der Waals surface area (Å²) in [5.41, 5.74) is 0.388. The van der Waals surface area contributed by atoms with Crippen LogP contribution in [0, 0.1) is 0 Å². The van der Waals surface area contributed by atoms with E-state index in [-0.39, 0.29) is 18.1 Å². The number of aromatic nitrogens is 1. The molecule has 1 aromatic heterocycles. The van der Waals surface area contributed by atoms with Crippen LogP contribution in [0.2, 0.25) is 0 Å². The fourth-order valence-electron chi connectivity index (χ4n) is 4.36. The smallest absolute Gasteiger partial charge is 0.410 e. The summed E-state index contributed by atoms with van der Waals surface area (Å²) in [6.45, 7) is 10.2. The lowest BCUT2D eigenvalue weighted by Gasteiger charge is -2.45. The van der Waals surface area contributed by atoms with Crippen LogP contribution in [0.1, 0.15) is 59.4 Å². The van der Waals surface area contributed by atoms with Crippen LogP contribution >= 0.6 is 0 Å². The summed E-state index contributed by atoms with van der Waals surface area (Å²) < 4.78 is 11.2. The summed E-state index contributed by atoms with van der Waals surface area (Å²) in [7, 11) is 0. The number of hydrogen-bond donors (Lipinski definition) is 0. The second-order valence-corrected chi connectivity index (χ2v) is 8.87. The normalized spacial score (nSPS) is 22.0. The van der Waals surface area contributed by atoms with Gasteiger partial charge in [0.25, 0.3) is 0 Å². The van der Waals surface area contributed by atoms with E-state index in [0.717, 1.165) is 22.9 Å². The summed E-state index contributed by atoms with van der Waals surface area (Å²) in [5.74, 6) is -0.233. The van der Waals surface area contributed by atoms with Crippen molar-refractivity contribution in [3.05, 3.63) is 42.1 Å². The fourth-order valence-corrected chi connectivity index (χ4v) is 4.36. The van der Waals surface area contributed by atoms with Gasteiger partial charge in [0.2, 0.25) is 0 Å². The van der Waals surface area contributed by atoms with Gasteiger partial charge in [-0.2, -0.15) is 0 Å². The lowest BCUT2D eigenvalue weighted by Crippen LogP contribution is -2.55. The second-order valence-electron chi connectivity index (χ2n) is 8.87. The number of piperidine rings is 1. The highest BCUT2D eigenvalue weighted by Gasteiger charge is 2.49. The lowest BCUT2D eigenvalue weighted by molar-refractivity contribution is -0.153. The van der Waals surface area contributed by atoms with Crippen molar-refractivity contribution in [2.45, 2.75) is 70.9 Å². The quantitative estimate of drug-likeness (QED) is 0.672. The SMILES string of the molecule is CCOC(=O)C1(c2ccnc3ccccc23)CCN(C(=O)OC(C)(C)C)C(CC)C1. The number of likely N-dealkylation sites (tertiary alicyclic amines) is 1. The molecule has 1 amide bonds. The van der Waals surface area contributed by atoms with E-state index in [1.165, 1.54) is 0 Å². The summed E-state index contributed by atoms with van der Waals surface area (Å²) in [6, 6.07) is 9.65. The minimum Gasteiger partial charge on any atom is -0.465 e. The molecule has 0 radical (unpaired) electrons. The molecule has 0 aliphatic carbocycles. The summed E-state index contributed by atoms with van der Waals surface area (Å²) in [6.07, 6.45) is 3.13. The molecule has 0 saturated carbocycles. The monoisotopic (exact) mass is 412 g/mol. The molecule has 30 heavy (non-hydrogen) atoms. The van der Waals surface area contributed by atoms with Gasteiger partial charge < -0.3 is 14.4 Å². The van der Waals surface area contributed by atoms with Crippen LogP contribution < -0.4 is 0 Å². The topological polar surface area (TPSA) is 68.7 Å². The number of para-hydroxylation sites is 1. The molecule has 0 bridgehead atoms. The molecular weight excluding hydrogens is 380 g/mol. The Kier molecular flexibility index (Phi) is 6.34. The molecule has 1 aliphatic rings. The zero-order valence-corrected chi connectivity index (χ0v) is 18.6. The van der Waals surface area contributed by atoms with Crippen molar-refractivity contribution < 1.29 is 19.1 Å². The van der Waals surface area contributed by atoms with Gasteiger partial charge in [-0.1, -0.05) is 25.1 Å². The molecule has 0 spiro atoms. The van der Waals surface area contributed by atoms with Gasteiger partial charge in [-0.25, -0.2) is 4.79 Å². The highest BCUT2D eigenvalue weighted by Crippen LogP contribution is 2.43. The molecule has 6 nitrogen and oxygen atoms in total. The Hall–Kier alpha value is -2.63. The number of ether oxygens (including phenoxy) is 2. The van der Waals surface area contributed by atoms with Crippen LogP contribution in [0.15, 0.2) is 36.5 Å². The lowest BCUT2D eigenvalue weighted by atomic mass is 9.69. The molecule has 1 aromatic carbocycles. The molecule has 0 N–H and O–H groups in total. The first-order valence-electron chi connectivity index (χ1n) is 10.7. The minimum atomic E-state index is -0.822. The highest BCUT2D eigenvalue weighted by molar-refractivity contribution is 5.92. The largest absolute Gasteiger partial charge is 0.465 e. The maximum absolute atomic E-state index is 13.4. The molecular formula is C24H32N2O4. The van der Waals surface area contributed by atoms with Crippen molar-refractivity contribution in [2.75, 3.05) is 13.2 Å². The van der Waals surface area contributed by atoms with Gasteiger partial charge in [0.1, 0.15) is 5.60 Å². The van der Waals surface area contributed by atoms with Crippen molar-refractivity contribution in [1.82, 2.24) is 9.88 Å². The van der Waals surface area contributed by atoms with Gasteiger partial charge in [-0.3, -0.25) is 9.78 Å². The van der Waals surface area contributed by atoms with Crippen LogP contribution in [-0.2, 0) is 19.7 Å². The Morgan fingerprint density at radius 3 is 2.60 bits per heavy atom. The molecule has 2 heterocycles. The Morgan fingerprint density at radius 2 is 1.93 bits per heavy atom. The maximum Gasteiger partial charge on any atom is 0.410 e. The summed E-state index contributed by atoms with van der Waals surface area (Å²) >= 11 is 0. The van der Waals surface area contributed by atoms with E-state index >= 15 is 0 Å². The molecule has 3 rings (SSSR count). The van der Waals surface area contributed by atoms with Gasteiger partial charge in [-0.15, -0.1) is 0 Å². The van der Waals surface area contributed by atoms with E-state index in [2.05, 4.69) is 4.98 Å². The summed E-state index contributed by atoms with van der Waals surface area (Å²) in [4.78, 5) is 32.4. The van der Waals surface area contributed by atoms with E-state index in [1.54, 1.807) is 11.1 Å². The molecule has 1 fully saturated rings. The predicted molar refractivity (Wildman–Crippen MR) is 116 cm³/mol. The first-order valence-corrected chi connectivity index (χ1v) is 10.7. The van der Waals surface area contributed by atoms with Crippen LogP contribution in [0.3, 0.4) is 0 Å². The number of carbonyl (C=O) groups is 2. The summed E-state index contributed by atoms with van der Waals surface area (Å²) in [5, 5.41) is 0.952. The average molecular weight is 413 g/mol. The highest BCUT2D eigenvalue weighted by atomic mass is 16.6. The van der Waals surface area contributed by atoms with Gasteiger partial charge in [0.05, 0.1) is 17.5 Å². The number of hydrogen-bond acceptors (Lipinski definition) is 5. The van der Waals surface area contributed by atoms with E-state index in [1.807, 2.05) is 65.0 Å². The number of pyridine rings is 1. The number of fused-ring (bicyclic) bond motifs is 1. The van der Waals surface area contributed by atoms with Crippen molar-refractivity contribution in [3.8, 4) is 0 Å². The third-order valence-corrected chi connectivity index (χ3v) is 5.73. The van der Waals surface area contributed by atoms with Crippen LogP contribution in [0.4, 0.5) is 4.79 Å². The third-order valence-electron chi connectivity index (χ3n) is 5.73. The first-order chi connectivity index (χ1) is 14.2. The van der Waals surface area contributed by atoms with Crippen molar-refractivity contribution in [3.63, 3.8) is 0 Å². The average Bonchev–Trinajstić information content (AvgIpc) is 2.71. The maximum atomic E-state index is 13.4. The number of carbonyl (C=O) groups excluding carboxylic acids is 2. The molecule has 6 heteroatoms. The molecule has 2 atom stereocenters. The number of esters is 1. The molecule has 2 aromatic rings. The van der Waals surface area contributed by atoms with Crippen molar-refractivity contribution >= 4 is 23.0 Å². The molecule has 162 valence electrons. The van der Waals surface area contributed by atoms with Gasteiger partial charge >= 0.3 is 12.1 Å². The van der Waals surface area contributed by atoms with Gasteiger partial charge in [0, 0.05) is 24.2 Å². The fraction of sp³-hybridized carbons (Fsp3) is 0.542. The standard InChI is InChI=1S/C24H32N2O4/c1-6-17-16-24(21(27)29-7-2,13-15-26(17)22(28)30-23(3,4)5)19-12-14-25-20-11-9-8-10-18(19)20/h8-12,14,17H,6-7,13,15-16H2,1-5H3. The number of amides is 1. The number of rotatable bonds is 4. The number of nitrogens with zero attached hydrogens (tertiary/aromatic N) is 2. The molecule has 2 unspecified atom stereocenters. The van der Waals surface area contributed by atoms with Crippen LogP contribution in [0.5, 0.6) is 0 Å². The van der Waals surface area contributed by atoms with Crippen molar-refractivity contribution in [2.24, 2.45) is 0 Å². The van der Waals surface area contributed by atoms with Crippen LogP contribution in [0.25, 0.3) is 10.9 Å². The molecule has 1 saturated heterocycles.